The summed E-state index contributed by atoms with van der Waals surface area (Å²) in [6.07, 6.45) is 2.98. The van der Waals surface area contributed by atoms with Gasteiger partial charge in [-0.25, -0.2) is 4.79 Å². The lowest BCUT2D eigenvalue weighted by Gasteiger charge is -2.40. The molecule has 0 amide bonds. The third kappa shape index (κ3) is 4.91. The molecule has 2 N–H and O–H groups in total. The van der Waals surface area contributed by atoms with Crippen LogP contribution in [0.1, 0.15) is 66.2 Å². The summed E-state index contributed by atoms with van der Waals surface area (Å²) in [5, 5.41) is 10.4. The number of halogens is 3. The summed E-state index contributed by atoms with van der Waals surface area (Å²) in [5.41, 5.74) is 5.29. The van der Waals surface area contributed by atoms with Gasteiger partial charge >= 0.3 is 12.3 Å². The number of nitrogens with one attached hydrogen (secondary N) is 1. The zero-order valence-corrected chi connectivity index (χ0v) is 23.2. The number of carboxylic acid groups (broad SMARTS) is 1. The molecule has 4 aromatic rings. The quantitative estimate of drug-likeness (QED) is 0.228. The number of rotatable bonds is 8. The van der Waals surface area contributed by atoms with Gasteiger partial charge in [-0.3, -0.25) is 0 Å². The van der Waals surface area contributed by atoms with Gasteiger partial charge in [0.05, 0.1) is 12.7 Å². The van der Waals surface area contributed by atoms with E-state index in [-0.39, 0.29) is 17.5 Å². The van der Waals surface area contributed by atoms with Gasteiger partial charge in [0.25, 0.3) is 0 Å². The van der Waals surface area contributed by atoms with Crippen LogP contribution >= 0.6 is 0 Å². The maximum atomic E-state index is 13.1. The van der Waals surface area contributed by atoms with Crippen LogP contribution in [0.25, 0.3) is 22.0 Å². The van der Waals surface area contributed by atoms with E-state index in [0.29, 0.717) is 35.7 Å². The van der Waals surface area contributed by atoms with Crippen molar-refractivity contribution < 1.29 is 32.5 Å². The number of para-hydroxylation sites is 1. The van der Waals surface area contributed by atoms with Gasteiger partial charge in [-0.05, 0) is 74.8 Å². The molecule has 3 fully saturated rings. The summed E-state index contributed by atoms with van der Waals surface area (Å²) in [6.45, 7) is 0.322. The van der Waals surface area contributed by atoms with Crippen LogP contribution in [0.3, 0.4) is 0 Å². The molecule has 2 aromatic heterocycles. The molecule has 2 unspecified atom stereocenters. The number of alkyl halides is 3. The van der Waals surface area contributed by atoms with Crippen molar-refractivity contribution in [1.29, 1.82) is 0 Å². The van der Waals surface area contributed by atoms with Gasteiger partial charge in [0.15, 0.2) is 0 Å². The number of hydrogen-bond acceptors (Lipinski definition) is 4. The molecule has 7 rings (SSSR count). The SMILES string of the molecule is Cn1c(C(=O)O)cc2cc(N3C4CCC3CC(OCc3c(-c5ccccc5OC(F)(F)F)c[nH]c3C3CC3)C4)ccc21. The van der Waals surface area contributed by atoms with Crippen molar-refractivity contribution in [3.8, 4) is 16.9 Å². The first-order valence-electron chi connectivity index (χ1n) is 14.4. The Hall–Kier alpha value is -3.92. The molecule has 10 heteroatoms. The number of carbonyl (C=O) groups is 1. The number of aromatic carboxylic acids is 1. The lowest BCUT2D eigenvalue weighted by atomic mass is 9.97. The van der Waals surface area contributed by atoms with Crippen molar-refractivity contribution in [2.45, 2.75) is 75.6 Å². The Morgan fingerprint density at radius 1 is 1.02 bits per heavy atom. The van der Waals surface area contributed by atoms with Crippen LogP contribution in [0.15, 0.2) is 54.7 Å². The number of piperidine rings is 1. The smallest absolute Gasteiger partial charge is 0.477 e. The van der Waals surface area contributed by atoms with Crippen LogP contribution in [0.5, 0.6) is 5.75 Å². The van der Waals surface area contributed by atoms with Gasteiger partial charge in [0, 0.05) is 64.3 Å². The van der Waals surface area contributed by atoms with Crippen LogP contribution < -0.4 is 9.64 Å². The molecular weight excluding hydrogens is 547 g/mol. The molecule has 7 nitrogen and oxygen atoms in total. The zero-order valence-electron chi connectivity index (χ0n) is 23.2. The minimum absolute atomic E-state index is 0.0364. The van der Waals surface area contributed by atoms with Gasteiger partial charge < -0.3 is 29.0 Å². The molecular formula is C32H32F3N3O4. The van der Waals surface area contributed by atoms with E-state index in [9.17, 15) is 23.1 Å². The maximum Gasteiger partial charge on any atom is 0.573 e. The predicted octanol–water partition coefficient (Wildman–Crippen LogP) is 7.36. The van der Waals surface area contributed by atoms with Gasteiger partial charge in [0.1, 0.15) is 11.4 Å². The van der Waals surface area contributed by atoms with Crippen molar-refractivity contribution in [2.24, 2.45) is 7.05 Å². The molecule has 0 radical (unpaired) electrons. The van der Waals surface area contributed by atoms with E-state index in [1.54, 1.807) is 42.1 Å². The summed E-state index contributed by atoms with van der Waals surface area (Å²) in [7, 11) is 1.77. The van der Waals surface area contributed by atoms with E-state index in [1.165, 1.54) is 6.07 Å². The molecule has 4 heterocycles. The predicted molar refractivity (Wildman–Crippen MR) is 152 cm³/mol. The second-order valence-electron chi connectivity index (χ2n) is 11.7. The normalized spacial score (nSPS) is 22.2. The summed E-state index contributed by atoms with van der Waals surface area (Å²) in [4.78, 5) is 17.4. The molecule has 1 saturated carbocycles. The Bertz CT molecular complexity index is 1640. The monoisotopic (exact) mass is 579 g/mol. The van der Waals surface area contributed by atoms with Crippen LogP contribution in [0.2, 0.25) is 0 Å². The number of anilines is 1. The van der Waals surface area contributed by atoms with Crippen molar-refractivity contribution in [3.63, 3.8) is 0 Å². The third-order valence-corrected chi connectivity index (χ3v) is 9.11. The highest BCUT2D eigenvalue weighted by atomic mass is 19.4. The largest absolute Gasteiger partial charge is 0.573 e. The number of fused-ring (bicyclic) bond motifs is 3. The highest BCUT2D eigenvalue weighted by Gasteiger charge is 2.42. The van der Waals surface area contributed by atoms with Gasteiger partial charge in [0.2, 0.25) is 0 Å². The second-order valence-corrected chi connectivity index (χ2v) is 11.7. The summed E-state index contributed by atoms with van der Waals surface area (Å²) in [6, 6.07) is 14.8. The molecule has 2 bridgehead atoms. The number of carboxylic acids is 1. The first-order valence-corrected chi connectivity index (χ1v) is 14.4. The molecule has 220 valence electrons. The topological polar surface area (TPSA) is 79.7 Å². The number of aromatic amines is 1. The van der Waals surface area contributed by atoms with Gasteiger partial charge in [-0.15, -0.1) is 13.2 Å². The van der Waals surface area contributed by atoms with E-state index in [1.807, 2.05) is 6.07 Å². The van der Waals surface area contributed by atoms with Crippen LogP contribution in [-0.2, 0) is 18.4 Å². The first kappa shape index (κ1) is 26.9. The summed E-state index contributed by atoms with van der Waals surface area (Å²) < 4.78 is 52.1. The fourth-order valence-corrected chi connectivity index (χ4v) is 7.09. The number of nitrogens with zero attached hydrogens (tertiary/aromatic N) is 2. The maximum absolute atomic E-state index is 13.1. The molecule has 1 aliphatic carbocycles. The Morgan fingerprint density at radius 2 is 1.76 bits per heavy atom. The zero-order chi connectivity index (χ0) is 29.2. The number of ether oxygens (including phenoxy) is 2. The summed E-state index contributed by atoms with van der Waals surface area (Å²) in [5.74, 6) is -0.787. The number of aromatic nitrogens is 2. The Labute approximate surface area is 240 Å². The van der Waals surface area contributed by atoms with Crippen molar-refractivity contribution in [3.05, 3.63) is 71.7 Å². The van der Waals surface area contributed by atoms with Crippen LogP contribution in [0.4, 0.5) is 18.9 Å². The van der Waals surface area contributed by atoms with Crippen molar-refractivity contribution >= 4 is 22.6 Å². The Balaban J connectivity index is 1.10. The second kappa shape index (κ2) is 10.1. The van der Waals surface area contributed by atoms with E-state index in [4.69, 9.17) is 4.74 Å². The molecule has 42 heavy (non-hydrogen) atoms. The average Bonchev–Trinajstić information content (AvgIpc) is 3.54. The highest BCUT2D eigenvalue weighted by molar-refractivity contribution is 5.95. The number of hydrogen-bond donors (Lipinski definition) is 2. The van der Waals surface area contributed by atoms with Crippen LogP contribution in [0, 0.1) is 0 Å². The Kier molecular flexibility index (Phi) is 6.49. The fraction of sp³-hybridized carbons (Fsp3) is 0.406. The standard InChI is InChI=1S/C32H32F3N3O4/c1-37-27-11-10-20(12-19(27)13-28(37)31(39)40)38-21-8-9-22(38)15-23(14-21)41-17-26-25(16-36-30(26)18-6-7-18)24-4-2-3-5-29(24)42-32(33,34)35/h2-5,10-13,16,18,21-23,36H,6-9,14-15,17H2,1H3,(H,39,40). The minimum atomic E-state index is -4.78. The minimum Gasteiger partial charge on any atom is -0.477 e. The molecule has 3 aliphatic rings. The molecule has 0 spiro atoms. The average molecular weight is 580 g/mol. The fourth-order valence-electron chi connectivity index (χ4n) is 7.09. The number of aryl methyl sites for hydroxylation is 1. The van der Waals surface area contributed by atoms with Crippen molar-refractivity contribution in [2.75, 3.05) is 4.90 Å². The van der Waals surface area contributed by atoms with E-state index >= 15 is 0 Å². The molecule has 2 saturated heterocycles. The molecule has 2 aliphatic heterocycles. The molecule has 2 atom stereocenters. The van der Waals surface area contributed by atoms with Gasteiger partial charge in [-0.2, -0.15) is 0 Å². The number of benzene rings is 2. The van der Waals surface area contributed by atoms with E-state index in [2.05, 4.69) is 26.8 Å². The summed E-state index contributed by atoms with van der Waals surface area (Å²) >= 11 is 0. The lowest BCUT2D eigenvalue weighted by molar-refractivity contribution is -0.274. The van der Waals surface area contributed by atoms with E-state index in [0.717, 1.165) is 66.4 Å². The van der Waals surface area contributed by atoms with Gasteiger partial charge in [-0.1, -0.05) is 18.2 Å². The number of H-pyrrole nitrogens is 1. The van der Waals surface area contributed by atoms with Crippen molar-refractivity contribution in [1.82, 2.24) is 9.55 Å². The lowest BCUT2D eigenvalue weighted by Crippen LogP contribution is -2.45. The molecule has 2 aromatic carbocycles. The third-order valence-electron chi connectivity index (χ3n) is 9.11. The highest BCUT2D eigenvalue weighted by Crippen LogP contribution is 2.46. The first-order chi connectivity index (χ1) is 20.2. The Morgan fingerprint density at radius 3 is 2.45 bits per heavy atom. The van der Waals surface area contributed by atoms with E-state index < -0.39 is 12.3 Å². The van der Waals surface area contributed by atoms with Crippen LogP contribution in [-0.4, -0.2) is 45.2 Å².